The van der Waals surface area contributed by atoms with E-state index in [4.69, 9.17) is 34.8 Å². The molecule has 2 aromatic rings. The van der Waals surface area contributed by atoms with Gasteiger partial charge >= 0.3 is 0 Å². The Hall–Kier alpha value is -1.75. The van der Waals surface area contributed by atoms with E-state index in [0.29, 0.717) is 26.3 Å². The van der Waals surface area contributed by atoms with E-state index in [1.54, 1.807) is 42.5 Å². The Bertz CT molecular complexity index is 715. The number of nitrogens with one attached hydrogen (secondary N) is 2. The molecule has 0 radical (unpaired) electrons. The van der Waals surface area contributed by atoms with Crippen LogP contribution in [0.2, 0.25) is 15.1 Å². The first-order valence-electron chi connectivity index (χ1n) is 6.74. The molecule has 2 amide bonds. The lowest BCUT2D eigenvalue weighted by atomic mass is 10.2. The maximum Gasteiger partial charge on any atom is 0.252 e. The van der Waals surface area contributed by atoms with Crippen molar-refractivity contribution in [2.45, 2.75) is 6.42 Å². The molecule has 23 heavy (non-hydrogen) atoms. The fraction of sp³-hybridized carbons (Fsp3) is 0.125. The first-order valence-corrected chi connectivity index (χ1v) is 7.88. The number of halogens is 3. The predicted octanol–water partition coefficient (Wildman–Crippen LogP) is 4.41. The minimum absolute atomic E-state index is 0.111. The van der Waals surface area contributed by atoms with Gasteiger partial charge in [0.25, 0.3) is 5.91 Å². The molecule has 4 nitrogen and oxygen atoms in total. The smallest absolute Gasteiger partial charge is 0.252 e. The van der Waals surface area contributed by atoms with Gasteiger partial charge in [0.05, 0.1) is 10.6 Å². The van der Waals surface area contributed by atoms with E-state index in [2.05, 4.69) is 10.6 Å². The molecule has 0 aliphatic heterocycles. The maximum absolute atomic E-state index is 11.9. The zero-order valence-corrected chi connectivity index (χ0v) is 14.2. The number of anilines is 1. The zero-order valence-electron chi connectivity index (χ0n) is 11.9. The highest BCUT2D eigenvalue weighted by molar-refractivity contribution is 6.35. The number of rotatable bonds is 5. The Morgan fingerprint density at radius 3 is 2.26 bits per heavy atom. The quantitative estimate of drug-likeness (QED) is 0.818. The predicted molar refractivity (Wildman–Crippen MR) is 93.5 cm³/mol. The van der Waals surface area contributed by atoms with E-state index in [1.165, 1.54) is 0 Å². The summed E-state index contributed by atoms with van der Waals surface area (Å²) in [4.78, 5) is 23.8. The van der Waals surface area contributed by atoms with E-state index in [9.17, 15) is 9.59 Å². The van der Waals surface area contributed by atoms with Crippen LogP contribution in [0.25, 0.3) is 0 Å². The molecular formula is C16H13Cl3N2O2. The van der Waals surface area contributed by atoms with E-state index >= 15 is 0 Å². The molecule has 0 bridgehead atoms. The van der Waals surface area contributed by atoms with Crippen molar-refractivity contribution in [2.24, 2.45) is 0 Å². The topological polar surface area (TPSA) is 58.2 Å². The summed E-state index contributed by atoms with van der Waals surface area (Å²) in [6.45, 7) is 0.185. The fourth-order valence-electron chi connectivity index (χ4n) is 1.88. The van der Waals surface area contributed by atoms with Crippen molar-refractivity contribution in [1.29, 1.82) is 0 Å². The summed E-state index contributed by atoms with van der Waals surface area (Å²) in [6.07, 6.45) is 0.111. The Labute approximate surface area is 148 Å². The number of benzene rings is 2. The van der Waals surface area contributed by atoms with Gasteiger partial charge in [0.15, 0.2) is 0 Å². The minimum atomic E-state index is -0.325. The highest BCUT2D eigenvalue weighted by Crippen LogP contribution is 2.22. The van der Waals surface area contributed by atoms with Crippen LogP contribution < -0.4 is 10.6 Å². The molecule has 0 saturated heterocycles. The summed E-state index contributed by atoms with van der Waals surface area (Å²) < 4.78 is 0. The largest absolute Gasteiger partial charge is 0.351 e. The first kappa shape index (κ1) is 17.6. The molecule has 0 spiro atoms. The summed E-state index contributed by atoms with van der Waals surface area (Å²) in [5, 5.41) is 6.53. The lowest BCUT2D eigenvalue weighted by molar-refractivity contribution is -0.116. The molecule has 0 saturated carbocycles. The average molecular weight is 372 g/mol. The summed E-state index contributed by atoms with van der Waals surface area (Å²) in [5.41, 5.74) is 0.876. The van der Waals surface area contributed by atoms with Gasteiger partial charge in [-0.2, -0.15) is 0 Å². The zero-order chi connectivity index (χ0) is 16.8. The van der Waals surface area contributed by atoms with Crippen LogP contribution in [0, 0.1) is 0 Å². The van der Waals surface area contributed by atoms with Crippen LogP contribution in [0.15, 0.2) is 42.5 Å². The molecule has 2 aromatic carbocycles. The van der Waals surface area contributed by atoms with Crippen molar-refractivity contribution in [3.8, 4) is 0 Å². The van der Waals surface area contributed by atoms with Gasteiger partial charge in [0, 0.05) is 28.7 Å². The van der Waals surface area contributed by atoms with Gasteiger partial charge < -0.3 is 10.6 Å². The lowest BCUT2D eigenvalue weighted by Crippen LogP contribution is -2.27. The van der Waals surface area contributed by atoms with Gasteiger partial charge in [0.1, 0.15) is 0 Å². The molecule has 0 aliphatic carbocycles. The van der Waals surface area contributed by atoms with Crippen LogP contribution in [0.3, 0.4) is 0 Å². The van der Waals surface area contributed by atoms with Gasteiger partial charge in [0.2, 0.25) is 5.91 Å². The number of carbonyl (C=O) groups is 2. The van der Waals surface area contributed by atoms with Crippen molar-refractivity contribution in [3.63, 3.8) is 0 Å². The standard InChI is InChI=1S/C16H13Cl3N2O2/c17-10-7-11(18)9-12(8-10)21-15(22)5-6-20-16(23)13-3-1-2-4-14(13)19/h1-4,7-9H,5-6H2,(H,20,23)(H,21,22). The summed E-state index contributed by atoms with van der Waals surface area (Å²) >= 11 is 17.6. The van der Waals surface area contributed by atoms with Crippen molar-refractivity contribution < 1.29 is 9.59 Å². The normalized spacial score (nSPS) is 10.2. The van der Waals surface area contributed by atoms with Crippen LogP contribution in [-0.4, -0.2) is 18.4 Å². The fourth-order valence-corrected chi connectivity index (χ4v) is 2.63. The van der Waals surface area contributed by atoms with E-state index < -0.39 is 0 Å². The lowest BCUT2D eigenvalue weighted by Gasteiger charge is -2.08. The summed E-state index contributed by atoms with van der Waals surface area (Å²) in [6, 6.07) is 11.5. The molecule has 0 aliphatic rings. The van der Waals surface area contributed by atoms with Gasteiger partial charge in [-0.1, -0.05) is 46.9 Å². The molecule has 0 atom stereocenters. The number of hydrogen-bond acceptors (Lipinski definition) is 2. The number of carbonyl (C=O) groups excluding carboxylic acids is 2. The van der Waals surface area contributed by atoms with E-state index in [1.807, 2.05) is 0 Å². The Morgan fingerprint density at radius 1 is 0.957 bits per heavy atom. The molecule has 0 fully saturated rings. The van der Waals surface area contributed by atoms with Crippen LogP contribution in [0.1, 0.15) is 16.8 Å². The number of amides is 2. The molecule has 120 valence electrons. The third-order valence-electron chi connectivity index (χ3n) is 2.90. The SMILES string of the molecule is O=C(CCNC(=O)c1ccccc1Cl)Nc1cc(Cl)cc(Cl)c1. The molecule has 0 aromatic heterocycles. The third-order valence-corrected chi connectivity index (χ3v) is 3.67. The molecule has 2 N–H and O–H groups in total. The van der Waals surface area contributed by atoms with Crippen LogP contribution in [0.5, 0.6) is 0 Å². The Morgan fingerprint density at radius 2 is 1.61 bits per heavy atom. The number of hydrogen-bond donors (Lipinski definition) is 2. The van der Waals surface area contributed by atoms with E-state index in [-0.39, 0.29) is 24.8 Å². The van der Waals surface area contributed by atoms with Gasteiger partial charge in [-0.25, -0.2) is 0 Å². The van der Waals surface area contributed by atoms with Crippen LogP contribution in [-0.2, 0) is 4.79 Å². The van der Waals surface area contributed by atoms with Gasteiger partial charge in [-0.15, -0.1) is 0 Å². The van der Waals surface area contributed by atoms with Crippen molar-refractivity contribution in [1.82, 2.24) is 5.32 Å². The summed E-state index contributed by atoms with van der Waals surface area (Å²) in [7, 11) is 0. The minimum Gasteiger partial charge on any atom is -0.351 e. The molecule has 0 heterocycles. The van der Waals surface area contributed by atoms with Crippen LogP contribution in [0.4, 0.5) is 5.69 Å². The highest BCUT2D eigenvalue weighted by atomic mass is 35.5. The second-order valence-corrected chi connectivity index (χ2v) is 5.97. The van der Waals surface area contributed by atoms with E-state index in [0.717, 1.165) is 0 Å². The molecule has 7 heteroatoms. The van der Waals surface area contributed by atoms with Crippen molar-refractivity contribution in [3.05, 3.63) is 63.1 Å². The third kappa shape index (κ3) is 5.43. The molecular weight excluding hydrogens is 359 g/mol. The monoisotopic (exact) mass is 370 g/mol. The second-order valence-electron chi connectivity index (χ2n) is 4.69. The van der Waals surface area contributed by atoms with Crippen LogP contribution >= 0.6 is 34.8 Å². The molecule has 2 rings (SSSR count). The second kappa shape index (κ2) is 8.20. The summed E-state index contributed by atoms with van der Waals surface area (Å²) in [5.74, 6) is -0.586. The van der Waals surface area contributed by atoms with Gasteiger partial charge in [-0.05, 0) is 30.3 Å². The Balaban J connectivity index is 1.83. The molecule has 0 unspecified atom stereocenters. The van der Waals surface area contributed by atoms with Crippen molar-refractivity contribution >= 4 is 52.3 Å². The average Bonchev–Trinajstić information content (AvgIpc) is 2.46. The highest BCUT2D eigenvalue weighted by Gasteiger charge is 2.10. The Kier molecular flexibility index (Phi) is 6.28. The maximum atomic E-state index is 11.9. The van der Waals surface area contributed by atoms with Crippen molar-refractivity contribution in [2.75, 3.05) is 11.9 Å². The first-order chi connectivity index (χ1) is 11.0. The van der Waals surface area contributed by atoms with Gasteiger partial charge in [-0.3, -0.25) is 9.59 Å².